The van der Waals surface area contributed by atoms with Crippen molar-refractivity contribution in [3.05, 3.63) is 55.5 Å². The molecule has 0 aliphatic carbocycles. The second kappa shape index (κ2) is 13.7. The maximum absolute atomic E-state index is 13.4. The van der Waals surface area contributed by atoms with Crippen LogP contribution in [0.3, 0.4) is 0 Å². The third-order valence-corrected chi connectivity index (χ3v) is 11.4. The molecule has 0 saturated carbocycles. The molecule has 2 amide bonds. The second-order valence-corrected chi connectivity index (χ2v) is 14.8. The Balaban J connectivity index is 1.30. The van der Waals surface area contributed by atoms with E-state index in [-0.39, 0.29) is 34.5 Å². The Kier molecular flexibility index (Phi) is 9.91. The molecule has 238 valence electrons. The summed E-state index contributed by atoms with van der Waals surface area (Å²) in [6, 6.07) is 0.00717. The van der Waals surface area contributed by atoms with E-state index in [1.165, 1.54) is 56.9 Å². The van der Waals surface area contributed by atoms with Crippen LogP contribution in [0.25, 0.3) is 0 Å². The summed E-state index contributed by atoms with van der Waals surface area (Å²) in [5, 5.41) is 45.3. The molecule has 21 heteroatoms. The SMILES string of the molecule is CSC(CO/N=C(\C(=O)N[C@@H]1C(=O)N2C(C(=O)O)=C(CSc3nnc(C)s3)CS[C@H]12)c1csc(N)n1)c1cc(=O)c(O)cn1O. The van der Waals surface area contributed by atoms with Gasteiger partial charge < -0.3 is 31.3 Å². The number of fused-ring (bicyclic) bond motifs is 1. The highest BCUT2D eigenvalue weighted by molar-refractivity contribution is 8.01. The number of hydrogen-bond donors (Lipinski definition) is 5. The molecule has 3 aromatic heterocycles. The fourth-order valence-electron chi connectivity index (χ4n) is 4.30. The number of aromatic hydroxyl groups is 1. The van der Waals surface area contributed by atoms with Crippen molar-refractivity contribution in [2.75, 3.05) is 30.1 Å². The van der Waals surface area contributed by atoms with Crippen molar-refractivity contribution in [2.24, 2.45) is 5.16 Å². The first-order chi connectivity index (χ1) is 21.5. The third kappa shape index (κ3) is 6.90. The molecular weight excluding hydrogens is 689 g/mol. The largest absolute Gasteiger partial charge is 0.503 e. The number of thioether (sulfide) groups is 3. The maximum Gasteiger partial charge on any atom is 0.352 e. The number of thiazole rings is 1. The molecule has 0 bridgehead atoms. The second-order valence-electron chi connectivity index (χ2n) is 9.32. The smallest absolute Gasteiger partial charge is 0.352 e. The Morgan fingerprint density at radius 3 is 2.76 bits per heavy atom. The van der Waals surface area contributed by atoms with Gasteiger partial charge in [-0.05, 0) is 18.8 Å². The zero-order valence-corrected chi connectivity index (χ0v) is 27.4. The number of rotatable bonds is 12. The van der Waals surface area contributed by atoms with Crippen molar-refractivity contribution in [3.8, 4) is 5.75 Å². The van der Waals surface area contributed by atoms with Gasteiger partial charge in [-0.3, -0.25) is 19.3 Å². The summed E-state index contributed by atoms with van der Waals surface area (Å²) >= 11 is 6.31. The van der Waals surface area contributed by atoms with Gasteiger partial charge in [0, 0.05) is 23.0 Å². The van der Waals surface area contributed by atoms with E-state index in [1.807, 2.05) is 6.92 Å². The molecule has 45 heavy (non-hydrogen) atoms. The van der Waals surface area contributed by atoms with Crippen LogP contribution in [-0.2, 0) is 19.2 Å². The number of carbonyl (C=O) groups is 3. The topological polar surface area (TPSA) is 235 Å². The lowest BCUT2D eigenvalue weighted by molar-refractivity contribution is -0.150. The number of oxime groups is 1. The first-order valence-electron chi connectivity index (χ1n) is 12.7. The first-order valence-corrected chi connectivity index (χ1v) is 17.7. The van der Waals surface area contributed by atoms with Crippen LogP contribution < -0.4 is 16.5 Å². The van der Waals surface area contributed by atoms with Crippen molar-refractivity contribution in [1.82, 2.24) is 30.1 Å². The molecular formula is C24H24N8O8S5. The van der Waals surface area contributed by atoms with E-state index in [0.717, 1.165) is 28.6 Å². The number of nitrogens with zero attached hydrogens (tertiary/aromatic N) is 6. The van der Waals surface area contributed by atoms with Crippen LogP contribution in [0.2, 0.25) is 0 Å². The molecule has 6 N–H and O–H groups in total. The number of nitrogen functional groups attached to an aromatic ring is 1. The molecule has 2 aliphatic heterocycles. The van der Waals surface area contributed by atoms with Crippen molar-refractivity contribution in [3.63, 3.8) is 0 Å². The number of aromatic nitrogens is 4. The summed E-state index contributed by atoms with van der Waals surface area (Å²) < 4.78 is 1.28. The van der Waals surface area contributed by atoms with E-state index in [4.69, 9.17) is 10.6 Å². The minimum atomic E-state index is -1.25. The maximum atomic E-state index is 13.4. The number of nitrogens with two attached hydrogens (primary N) is 1. The Morgan fingerprint density at radius 2 is 2.11 bits per heavy atom. The van der Waals surface area contributed by atoms with Crippen LogP contribution in [-0.4, -0.2) is 99.5 Å². The summed E-state index contributed by atoms with van der Waals surface area (Å²) in [5.41, 5.74) is 5.41. The molecule has 0 spiro atoms. The number of carboxylic acid groups (broad SMARTS) is 1. The molecule has 5 rings (SSSR count). The zero-order chi connectivity index (χ0) is 32.4. The Labute approximate surface area is 274 Å². The van der Waals surface area contributed by atoms with Gasteiger partial charge in [0.05, 0.1) is 17.1 Å². The van der Waals surface area contributed by atoms with Crippen LogP contribution in [0, 0.1) is 6.92 Å². The average Bonchev–Trinajstić information content (AvgIpc) is 3.63. The van der Waals surface area contributed by atoms with Gasteiger partial charge >= 0.3 is 5.97 Å². The van der Waals surface area contributed by atoms with E-state index in [0.29, 0.717) is 26.1 Å². The Morgan fingerprint density at radius 1 is 1.33 bits per heavy atom. The molecule has 0 aromatic carbocycles. The number of aliphatic carboxylic acids is 1. The Bertz CT molecular complexity index is 1770. The molecule has 1 unspecified atom stereocenters. The van der Waals surface area contributed by atoms with Crippen molar-refractivity contribution in [2.45, 2.75) is 27.9 Å². The molecule has 16 nitrogen and oxygen atoms in total. The lowest BCUT2D eigenvalue weighted by Gasteiger charge is -2.49. The van der Waals surface area contributed by atoms with E-state index in [1.54, 1.807) is 6.26 Å². The van der Waals surface area contributed by atoms with Gasteiger partial charge in [-0.1, -0.05) is 28.3 Å². The standard InChI is InChI=1S/C24H24N8O8S5/c1-9-28-29-24(45-9)44-7-10-6-42-21-17(20(36)32(21)18(10)22(37)38)27-19(35)16(11-8-43-23(25)26-11)30-40-5-15(41-2)12-3-13(33)14(34)4-31(12)39/h3-4,8,15,17,21,34,39H,5-7H2,1-2H3,(H2,25,26)(H,27,35)(H,37,38)/b30-16-/t15?,17-,21-/m1/s1. The van der Waals surface area contributed by atoms with Crippen molar-refractivity contribution < 1.29 is 34.6 Å². The fourth-order valence-corrected chi connectivity index (χ4v) is 8.77. The highest BCUT2D eigenvalue weighted by atomic mass is 32.2. The lowest BCUT2D eigenvalue weighted by Crippen LogP contribution is -2.71. The fraction of sp³-hybridized carbons (Fsp3) is 0.333. The van der Waals surface area contributed by atoms with Gasteiger partial charge in [-0.25, -0.2) is 9.78 Å². The van der Waals surface area contributed by atoms with Gasteiger partial charge in [0.1, 0.15) is 34.4 Å². The van der Waals surface area contributed by atoms with Crippen molar-refractivity contribution in [1.29, 1.82) is 0 Å². The highest BCUT2D eigenvalue weighted by Gasteiger charge is 2.54. The van der Waals surface area contributed by atoms with Gasteiger partial charge in [0.2, 0.25) is 5.43 Å². The number of nitrogens with one attached hydrogen (secondary N) is 1. The van der Waals surface area contributed by atoms with Crippen LogP contribution in [0.4, 0.5) is 5.13 Å². The summed E-state index contributed by atoms with van der Waals surface area (Å²) in [6.45, 7) is 1.61. The number of anilines is 1. The predicted octanol–water partition coefficient (Wildman–Crippen LogP) is 1.35. The number of pyridine rings is 1. The molecule has 1 fully saturated rings. The normalized spacial score (nSPS) is 18.8. The number of amides is 2. The van der Waals surface area contributed by atoms with Crippen LogP contribution >= 0.6 is 58.0 Å². The summed E-state index contributed by atoms with van der Waals surface area (Å²) in [6.07, 6.45) is 2.55. The minimum absolute atomic E-state index is 0.0803. The zero-order valence-electron chi connectivity index (χ0n) is 23.3. The number of β-lactam (4-membered cyclic amide) rings is 1. The van der Waals surface area contributed by atoms with E-state index in [2.05, 4.69) is 25.7 Å². The third-order valence-electron chi connectivity index (χ3n) is 6.43. The van der Waals surface area contributed by atoms with Crippen molar-refractivity contribution >= 4 is 86.6 Å². The predicted molar refractivity (Wildman–Crippen MR) is 170 cm³/mol. The van der Waals surface area contributed by atoms with E-state index < -0.39 is 45.6 Å². The van der Waals surface area contributed by atoms with E-state index >= 15 is 0 Å². The summed E-state index contributed by atoms with van der Waals surface area (Å²) in [7, 11) is 0. The highest BCUT2D eigenvalue weighted by Crippen LogP contribution is 2.42. The number of carboxylic acids is 1. The van der Waals surface area contributed by atoms with Gasteiger partial charge in [0.15, 0.2) is 20.9 Å². The average molecular weight is 713 g/mol. The quantitative estimate of drug-likeness (QED) is 0.0586. The van der Waals surface area contributed by atoms with Gasteiger partial charge in [0.25, 0.3) is 11.8 Å². The Hall–Kier alpha value is -3.79. The minimum Gasteiger partial charge on any atom is -0.503 e. The number of aryl methyl sites for hydroxylation is 1. The molecule has 0 radical (unpaired) electrons. The summed E-state index contributed by atoms with van der Waals surface area (Å²) in [4.78, 5) is 61.5. The van der Waals surface area contributed by atoms with Gasteiger partial charge in [-0.2, -0.15) is 16.5 Å². The molecule has 2 aliphatic rings. The van der Waals surface area contributed by atoms with Crippen LogP contribution in [0.1, 0.15) is 21.6 Å². The van der Waals surface area contributed by atoms with Crippen LogP contribution in [0.15, 0.2) is 43.2 Å². The summed E-state index contributed by atoms with van der Waals surface area (Å²) in [5.74, 6) is -2.66. The molecule has 3 aromatic rings. The lowest BCUT2D eigenvalue weighted by atomic mass is 10.0. The monoisotopic (exact) mass is 712 g/mol. The van der Waals surface area contributed by atoms with Gasteiger partial charge in [-0.15, -0.1) is 33.3 Å². The van der Waals surface area contributed by atoms with E-state index in [9.17, 15) is 34.6 Å². The first kappa shape index (κ1) is 32.6. The number of carbonyl (C=O) groups excluding carboxylic acids is 2. The number of hydrogen-bond acceptors (Lipinski definition) is 17. The molecule has 3 atom stereocenters. The van der Waals surface area contributed by atoms with Crippen LogP contribution in [0.5, 0.6) is 5.75 Å². The molecule has 5 heterocycles. The molecule has 1 saturated heterocycles.